The fraction of sp³-hybridized carbons (Fsp3) is 0.471. The van der Waals surface area contributed by atoms with Gasteiger partial charge in [-0.3, -0.25) is 15.2 Å². The van der Waals surface area contributed by atoms with Gasteiger partial charge in [-0.15, -0.1) is 11.3 Å². The molecule has 2 aromatic rings. The summed E-state index contributed by atoms with van der Waals surface area (Å²) in [6, 6.07) is 5.92. The predicted molar refractivity (Wildman–Crippen MR) is 96.2 cm³/mol. The molecule has 1 fully saturated rings. The molecule has 24 heavy (non-hydrogen) atoms. The van der Waals surface area contributed by atoms with Gasteiger partial charge in [0.05, 0.1) is 11.4 Å². The topological polar surface area (TPSA) is 61.4 Å². The number of aryl methyl sites for hydroxylation is 1. The van der Waals surface area contributed by atoms with Crippen LogP contribution >= 0.6 is 11.3 Å². The number of hydrogen-bond acceptors (Lipinski definition) is 5. The summed E-state index contributed by atoms with van der Waals surface area (Å²) in [5, 5.41) is 5.63. The molecule has 0 aliphatic carbocycles. The van der Waals surface area contributed by atoms with Gasteiger partial charge in [0, 0.05) is 44.3 Å². The molecule has 6 nitrogen and oxygen atoms in total. The number of anilines is 1. The number of amides is 2. The van der Waals surface area contributed by atoms with Crippen LogP contribution in [0.15, 0.2) is 29.8 Å². The lowest BCUT2D eigenvalue weighted by molar-refractivity contribution is 0.142. The van der Waals surface area contributed by atoms with Gasteiger partial charge in [-0.1, -0.05) is 19.4 Å². The number of urea groups is 1. The van der Waals surface area contributed by atoms with E-state index in [9.17, 15) is 4.79 Å². The van der Waals surface area contributed by atoms with Gasteiger partial charge in [-0.05, 0) is 18.6 Å². The second kappa shape index (κ2) is 8.21. The molecule has 2 amide bonds. The van der Waals surface area contributed by atoms with Crippen LogP contribution in [0.5, 0.6) is 0 Å². The van der Waals surface area contributed by atoms with E-state index in [0.29, 0.717) is 5.13 Å². The van der Waals surface area contributed by atoms with Crippen LogP contribution < -0.4 is 5.32 Å². The van der Waals surface area contributed by atoms with Gasteiger partial charge < -0.3 is 4.90 Å². The van der Waals surface area contributed by atoms with Crippen molar-refractivity contribution in [1.82, 2.24) is 19.8 Å². The Balaban J connectivity index is 1.46. The zero-order chi connectivity index (χ0) is 16.8. The van der Waals surface area contributed by atoms with Gasteiger partial charge >= 0.3 is 6.03 Å². The largest absolute Gasteiger partial charge is 0.323 e. The molecule has 7 heteroatoms. The van der Waals surface area contributed by atoms with Gasteiger partial charge in [0.2, 0.25) is 0 Å². The van der Waals surface area contributed by atoms with E-state index in [1.807, 2.05) is 34.7 Å². The van der Waals surface area contributed by atoms with Gasteiger partial charge in [-0.25, -0.2) is 9.78 Å². The number of rotatable bonds is 5. The van der Waals surface area contributed by atoms with E-state index in [1.54, 1.807) is 0 Å². The first-order valence-corrected chi connectivity index (χ1v) is 9.25. The summed E-state index contributed by atoms with van der Waals surface area (Å²) in [7, 11) is 0. The molecule has 0 spiro atoms. The third-order valence-corrected chi connectivity index (χ3v) is 4.85. The molecular weight excluding hydrogens is 322 g/mol. The van der Waals surface area contributed by atoms with Crippen molar-refractivity contribution < 1.29 is 4.79 Å². The Hall–Kier alpha value is -1.99. The van der Waals surface area contributed by atoms with Crippen molar-refractivity contribution in [2.24, 2.45) is 0 Å². The Morgan fingerprint density at radius 3 is 2.79 bits per heavy atom. The summed E-state index contributed by atoms with van der Waals surface area (Å²) < 4.78 is 0. The number of carbonyl (C=O) groups excluding carboxylic acids is 1. The van der Waals surface area contributed by atoms with Crippen molar-refractivity contribution in [2.45, 2.75) is 26.3 Å². The number of piperazine rings is 1. The number of carbonyl (C=O) groups is 1. The van der Waals surface area contributed by atoms with Crippen molar-refractivity contribution in [2.75, 3.05) is 31.5 Å². The highest BCUT2D eigenvalue weighted by Gasteiger charge is 2.22. The van der Waals surface area contributed by atoms with E-state index in [-0.39, 0.29) is 6.03 Å². The summed E-state index contributed by atoms with van der Waals surface area (Å²) in [4.78, 5) is 25.3. The molecule has 3 heterocycles. The van der Waals surface area contributed by atoms with Gasteiger partial charge in [0.15, 0.2) is 5.13 Å². The molecule has 1 aliphatic heterocycles. The first-order chi connectivity index (χ1) is 11.7. The number of thiazole rings is 1. The maximum absolute atomic E-state index is 12.4. The molecule has 0 atom stereocenters. The summed E-state index contributed by atoms with van der Waals surface area (Å²) in [5.41, 5.74) is 2.12. The number of aromatic nitrogens is 2. The normalized spacial score (nSPS) is 15.5. The van der Waals surface area contributed by atoms with Crippen molar-refractivity contribution in [3.8, 4) is 0 Å². The molecule has 2 aromatic heterocycles. The molecule has 0 bridgehead atoms. The van der Waals surface area contributed by atoms with Crippen LogP contribution in [-0.4, -0.2) is 52.0 Å². The number of hydrogen-bond donors (Lipinski definition) is 1. The number of pyridine rings is 1. The minimum atomic E-state index is -0.0510. The Labute approximate surface area is 146 Å². The maximum Gasteiger partial charge on any atom is 0.323 e. The quantitative estimate of drug-likeness (QED) is 0.905. The molecule has 1 aliphatic rings. The molecule has 128 valence electrons. The molecule has 0 aromatic carbocycles. The number of nitrogens with one attached hydrogen (secondary N) is 1. The highest BCUT2D eigenvalue weighted by molar-refractivity contribution is 7.13. The van der Waals surface area contributed by atoms with Crippen molar-refractivity contribution in [3.63, 3.8) is 0 Å². The van der Waals surface area contributed by atoms with Gasteiger partial charge in [-0.2, -0.15) is 0 Å². The fourth-order valence-corrected chi connectivity index (χ4v) is 3.47. The first kappa shape index (κ1) is 16.9. The van der Waals surface area contributed by atoms with E-state index in [2.05, 4.69) is 27.1 Å². The minimum absolute atomic E-state index is 0.0510. The lowest BCUT2D eigenvalue weighted by Crippen LogP contribution is -2.49. The molecule has 0 saturated carbocycles. The van der Waals surface area contributed by atoms with Crippen molar-refractivity contribution in [3.05, 3.63) is 41.2 Å². The molecule has 1 saturated heterocycles. The van der Waals surface area contributed by atoms with E-state index in [1.165, 1.54) is 11.3 Å². The van der Waals surface area contributed by atoms with Crippen LogP contribution in [0.2, 0.25) is 0 Å². The molecule has 3 rings (SSSR count). The third-order valence-electron chi connectivity index (χ3n) is 4.04. The second-order valence-electron chi connectivity index (χ2n) is 5.91. The van der Waals surface area contributed by atoms with Crippen LogP contribution in [0.4, 0.5) is 9.93 Å². The van der Waals surface area contributed by atoms with Crippen molar-refractivity contribution >= 4 is 22.5 Å². The zero-order valence-electron chi connectivity index (χ0n) is 13.9. The minimum Gasteiger partial charge on any atom is -0.322 e. The summed E-state index contributed by atoms with van der Waals surface area (Å²) in [6.07, 6.45) is 3.84. The lowest BCUT2D eigenvalue weighted by Gasteiger charge is -2.34. The standard InChI is InChI=1S/C17H23N5OS/c1-2-5-15-13-24-16(19-15)20-17(23)22-10-8-21(9-11-22)12-14-6-3-4-7-18-14/h3-4,6-7,13H,2,5,8-12H2,1H3,(H,19,20,23). The van der Waals surface area contributed by atoms with Crippen LogP contribution in [0.1, 0.15) is 24.7 Å². The zero-order valence-corrected chi connectivity index (χ0v) is 14.8. The van der Waals surface area contributed by atoms with Gasteiger partial charge in [0.25, 0.3) is 0 Å². The van der Waals surface area contributed by atoms with Crippen LogP contribution in [0.25, 0.3) is 0 Å². The third kappa shape index (κ3) is 4.52. The van der Waals surface area contributed by atoms with E-state index in [4.69, 9.17) is 0 Å². The average Bonchev–Trinajstić information content (AvgIpc) is 3.04. The SMILES string of the molecule is CCCc1csc(NC(=O)N2CCN(Cc3ccccn3)CC2)n1. The Morgan fingerprint density at radius 1 is 1.25 bits per heavy atom. The predicted octanol–water partition coefficient (Wildman–Crippen LogP) is 2.84. The van der Waals surface area contributed by atoms with Crippen LogP contribution in [0, 0.1) is 0 Å². The second-order valence-corrected chi connectivity index (χ2v) is 6.77. The van der Waals surface area contributed by atoms with E-state index >= 15 is 0 Å². The number of nitrogens with zero attached hydrogens (tertiary/aromatic N) is 4. The monoisotopic (exact) mass is 345 g/mol. The molecule has 0 radical (unpaired) electrons. The maximum atomic E-state index is 12.4. The average molecular weight is 345 g/mol. The smallest absolute Gasteiger partial charge is 0.322 e. The Bertz CT molecular complexity index is 652. The van der Waals surface area contributed by atoms with Crippen molar-refractivity contribution in [1.29, 1.82) is 0 Å². The van der Waals surface area contributed by atoms with E-state index in [0.717, 1.165) is 57.0 Å². The summed E-state index contributed by atoms with van der Waals surface area (Å²) >= 11 is 1.50. The summed E-state index contributed by atoms with van der Waals surface area (Å²) in [5.74, 6) is 0. The Morgan fingerprint density at radius 2 is 2.08 bits per heavy atom. The summed E-state index contributed by atoms with van der Waals surface area (Å²) in [6.45, 7) is 6.15. The lowest BCUT2D eigenvalue weighted by atomic mass is 10.3. The highest BCUT2D eigenvalue weighted by Crippen LogP contribution is 2.17. The highest BCUT2D eigenvalue weighted by atomic mass is 32.1. The molecule has 1 N–H and O–H groups in total. The van der Waals surface area contributed by atoms with Crippen LogP contribution in [0.3, 0.4) is 0 Å². The fourth-order valence-electron chi connectivity index (χ4n) is 2.74. The van der Waals surface area contributed by atoms with Gasteiger partial charge in [0.1, 0.15) is 0 Å². The molecule has 0 unspecified atom stereocenters. The molecular formula is C17H23N5OS. The Kier molecular flexibility index (Phi) is 5.77. The first-order valence-electron chi connectivity index (χ1n) is 8.37. The van der Waals surface area contributed by atoms with E-state index < -0.39 is 0 Å². The van der Waals surface area contributed by atoms with Crippen LogP contribution in [-0.2, 0) is 13.0 Å².